The molecule has 0 aliphatic rings. The van der Waals surface area contributed by atoms with Gasteiger partial charge in [-0.05, 0) is 25.1 Å². The lowest BCUT2D eigenvalue weighted by Gasteiger charge is -1.99. The topological polar surface area (TPSA) is 22.0 Å². The Bertz CT molecular complexity index is 569. The molecule has 1 heterocycles. The van der Waals surface area contributed by atoms with Gasteiger partial charge in [-0.1, -0.05) is 6.08 Å². The highest BCUT2D eigenvalue weighted by Crippen LogP contribution is 2.23. The predicted molar refractivity (Wildman–Crippen MR) is 62.1 cm³/mol. The predicted octanol–water partition coefficient (Wildman–Crippen LogP) is 3.17. The van der Waals surface area contributed by atoms with Crippen molar-refractivity contribution in [3.8, 4) is 0 Å². The third kappa shape index (κ3) is 1.65. The molecular weight excluding hydrogens is 205 g/mol. The van der Waals surface area contributed by atoms with Gasteiger partial charge in [0.15, 0.2) is 5.78 Å². The fraction of sp³-hybridized carbons (Fsp3) is 0.154. The second-order valence-electron chi connectivity index (χ2n) is 3.70. The lowest BCUT2D eigenvalue weighted by Crippen LogP contribution is -1.92. The van der Waals surface area contributed by atoms with Crippen molar-refractivity contribution in [3.05, 3.63) is 48.4 Å². The molecule has 0 aliphatic heterocycles. The van der Waals surface area contributed by atoms with Gasteiger partial charge in [0.1, 0.15) is 5.82 Å². The number of hydrogen-bond donors (Lipinski definition) is 0. The first-order chi connectivity index (χ1) is 7.63. The average Bonchev–Trinajstić information content (AvgIpc) is 2.57. The van der Waals surface area contributed by atoms with Gasteiger partial charge in [0, 0.05) is 29.2 Å². The van der Waals surface area contributed by atoms with E-state index in [0.717, 1.165) is 5.52 Å². The SMILES string of the molecule is C=CCn1cc(C(C)=O)c2cc(F)ccc21. The number of nitrogens with zero attached hydrogens (tertiary/aromatic N) is 1. The minimum Gasteiger partial charge on any atom is -0.343 e. The zero-order chi connectivity index (χ0) is 11.7. The van der Waals surface area contributed by atoms with Crippen LogP contribution in [-0.4, -0.2) is 10.4 Å². The fourth-order valence-electron chi connectivity index (χ4n) is 1.84. The summed E-state index contributed by atoms with van der Waals surface area (Å²) in [5.41, 5.74) is 1.41. The number of carbonyl (C=O) groups excluding carboxylic acids is 1. The first kappa shape index (κ1) is 10.6. The van der Waals surface area contributed by atoms with Crippen molar-refractivity contribution >= 4 is 16.7 Å². The minimum absolute atomic E-state index is 0.0570. The van der Waals surface area contributed by atoms with Crippen LogP contribution in [0.3, 0.4) is 0 Å². The number of halogens is 1. The van der Waals surface area contributed by atoms with Crippen LogP contribution in [0.5, 0.6) is 0 Å². The van der Waals surface area contributed by atoms with Crippen LogP contribution < -0.4 is 0 Å². The first-order valence-corrected chi connectivity index (χ1v) is 5.03. The van der Waals surface area contributed by atoms with Gasteiger partial charge >= 0.3 is 0 Å². The Kier molecular flexibility index (Phi) is 2.60. The highest BCUT2D eigenvalue weighted by atomic mass is 19.1. The van der Waals surface area contributed by atoms with Crippen molar-refractivity contribution < 1.29 is 9.18 Å². The monoisotopic (exact) mass is 217 g/mol. The number of carbonyl (C=O) groups is 1. The quantitative estimate of drug-likeness (QED) is 0.571. The maximum atomic E-state index is 13.1. The van der Waals surface area contributed by atoms with Crippen LogP contribution in [0.4, 0.5) is 4.39 Å². The van der Waals surface area contributed by atoms with Crippen LogP contribution in [0.25, 0.3) is 10.9 Å². The van der Waals surface area contributed by atoms with E-state index in [9.17, 15) is 9.18 Å². The molecule has 16 heavy (non-hydrogen) atoms. The van der Waals surface area contributed by atoms with E-state index in [0.29, 0.717) is 17.5 Å². The van der Waals surface area contributed by atoms with Crippen molar-refractivity contribution in [2.24, 2.45) is 0 Å². The molecule has 2 rings (SSSR count). The Morgan fingerprint density at radius 1 is 1.56 bits per heavy atom. The smallest absolute Gasteiger partial charge is 0.161 e. The zero-order valence-electron chi connectivity index (χ0n) is 9.03. The van der Waals surface area contributed by atoms with Crippen molar-refractivity contribution in [2.45, 2.75) is 13.5 Å². The summed E-state index contributed by atoms with van der Waals surface area (Å²) < 4.78 is 15.0. The number of rotatable bonds is 3. The summed E-state index contributed by atoms with van der Waals surface area (Å²) >= 11 is 0. The number of hydrogen-bond acceptors (Lipinski definition) is 1. The van der Waals surface area contributed by atoms with Crippen molar-refractivity contribution in [1.82, 2.24) is 4.57 Å². The van der Waals surface area contributed by atoms with E-state index >= 15 is 0 Å². The van der Waals surface area contributed by atoms with Gasteiger partial charge in [-0.15, -0.1) is 6.58 Å². The van der Waals surface area contributed by atoms with Crippen LogP contribution >= 0.6 is 0 Å². The van der Waals surface area contributed by atoms with E-state index in [1.54, 1.807) is 18.3 Å². The van der Waals surface area contributed by atoms with Gasteiger partial charge in [-0.2, -0.15) is 0 Å². The molecule has 0 N–H and O–H groups in total. The van der Waals surface area contributed by atoms with Crippen molar-refractivity contribution in [2.75, 3.05) is 0 Å². The van der Waals surface area contributed by atoms with Crippen LogP contribution in [-0.2, 0) is 6.54 Å². The second-order valence-corrected chi connectivity index (χ2v) is 3.70. The number of benzene rings is 1. The number of allylic oxidation sites excluding steroid dienone is 1. The van der Waals surface area contributed by atoms with Crippen LogP contribution in [0, 0.1) is 5.82 Å². The zero-order valence-corrected chi connectivity index (χ0v) is 9.03. The van der Waals surface area contributed by atoms with Crippen LogP contribution in [0.1, 0.15) is 17.3 Å². The van der Waals surface area contributed by atoms with E-state index in [-0.39, 0.29) is 11.6 Å². The van der Waals surface area contributed by atoms with Gasteiger partial charge in [0.2, 0.25) is 0 Å². The van der Waals surface area contributed by atoms with Crippen LogP contribution in [0.2, 0.25) is 0 Å². The summed E-state index contributed by atoms with van der Waals surface area (Å²) in [4.78, 5) is 11.4. The molecule has 2 nitrogen and oxygen atoms in total. The van der Waals surface area contributed by atoms with Gasteiger partial charge in [-0.25, -0.2) is 4.39 Å². The maximum Gasteiger partial charge on any atom is 0.161 e. The fourth-order valence-corrected chi connectivity index (χ4v) is 1.84. The average molecular weight is 217 g/mol. The summed E-state index contributed by atoms with van der Waals surface area (Å²) in [6.45, 7) is 5.75. The van der Waals surface area contributed by atoms with E-state index < -0.39 is 0 Å². The Labute approximate surface area is 93.0 Å². The lowest BCUT2D eigenvalue weighted by atomic mass is 10.1. The van der Waals surface area contributed by atoms with Gasteiger partial charge in [0.25, 0.3) is 0 Å². The number of fused-ring (bicyclic) bond motifs is 1. The van der Waals surface area contributed by atoms with E-state index in [4.69, 9.17) is 0 Å². The molecule has 0 fully saturated rings. The molecule has 0 saturated carbocycles. The molecule has 0 atom stereocenters. The summed E-state index contributed by atoms with van der Waals surface area (Å²) in [7, 11) is 0. The molecule has 0 radical (unpaired) electrons. The molecule has 0 aliphatic carbocycles. The molecule has 0 amide bonds. The molecule has 1 aromatic heterocycles. The third-order valence-electron chi connectivity index (χ3n) is 2.55. The molecule has 2 aromatic rings. The molecule has 0 saturated heterocycles. The largest absolute Gasteiger partial charge is 0.343 e. The maximum absolute atomic E-state index is 13.1. The molecule has 0 unspecified atom stereocenters. The Morgan fingerprint density at radius 3 is 2.94 bits per heavy atom. The third-order valence-corrected chi connectivity index (χ3v) is 2.55. The minimum atomic E-state index is -0.327. The summed E-state index contributed by atoms with van der Waals surface area (Å²) in [6, 6.07) is 4.47. The molecule has 82 valence electrons. The molecule has 1 aromatic carbocycles. The Morgan fingerprint density at radius 2 is 2.31 bits per heavy atom. The van der Waals surface area contributed by atoms with E-state index in [1.165, 1.54) is 19.1 Å². The van der Waals surface area contributed by atoms with E-state index in [1.807, 2.05) is 4.57 Å². The first-order valence-electron chi connectivity index (χ1n) is 5.03. The highest BCUT2D eigenvalue weighted by Gasteiger charge is 2.11. The number of Topliss-reactive ketones (excluding diaryl/α,β-unsaturated/α-hetero) is 1. The lowest BCUT2D eigenvalue weighted by molar-refractivity contribution is 0.101. The van der Waals surface area contributed by atoms with Gasteiger partial charge < -0.3 is 4.57 Å². The highest BCUT2D eigenvalue weighted by molar-refractivity contribution is 6.07. The second kappa shape index (κ2) is 3.93. The van der Waals surface area contributed by atoms with E-state index in [2.05, 4.69) is 6.58 Å². The number of ketones is 1. The summed E-state index contributed by atoms with van der Waals surface area (Å²) in [5, 5.41) is 0.661. The van der Waals surface area contributed by atoms with Gasteiger partial charge in [-0.3, -0.25) is 4.79 Å². The van der Waals surface area contributed by atoms with Crippen molar-refractivity contribution in [3.63, 3.8) is 0 Å². The number of aromatic nitrogens is 1. The summed E-state index contributed by atoms with van der Waals surface area (Å²) in [5.74, 6) is -0.384. The molecule has 0 spiro atoms. The Hall–Kier alpha value is -1.90. The molecule has 3 heteroatoms. The molecular formula is C13H12FNO. The Balaban J connectivity index is 2.75. The summed E-state index contributed by atoms with van der Waals surface area (Å²) in [6.07, 6.45) is 3.49. The molecule has 0 bridgehead atoms. The normalized spacial score (nSPS) is 10.6. The van der Waals surface area contributed by atoms with Gasteiger partial charge in [0.05, 0.1) is 0 Å². The van der Waals surface area contributed by atoms with Crippen molar-refractivity contribution in [1.29, 1.82) is 0 Å². The standard InChI is InChI=1S/C13H12FNO/c1-3-6-15-8-12(9(2)16)11-7-10(14)4-5-13(11)15/h3-5,7-8H,1,6H2,2H3. The van der Waals surface area contributed by atoms with Crippen LogP contribution in [0.15, 0.2) is 37.1 Å².